The normalized spacial score (nSPS) is 10.9. The molecule has 8 heteroatoms. The minimum atomic E-state index is -0.0341. The van der Waals surface area contributed by atoms with E-state index in [1.807, 2.05) is 35.0 Å². The topological polar surface area (TPSA) is 84.7 Å². The van der Waals surface area contributed by atoms with Gasteiger partial charge in [-0.25, -0.2) is 0 Å². The van der Waals surface area contributed by atoms with E-state index in [0.717, 1.165) is 16.5 Å². The molecule has 4 aromatic rings. The molecule has 0 unspecified atom stereocenters. The zero-order valence-electron chi connectivity index (χ0n) is 15.2. The number of aromatic nitrogens is 3. The van der Waals surface area contributed by atoms with E-state index in [-0.39, 0.29) is 11.5 Å². The van der Waals surface area contributed by atoms with Gasteiger partial charge in [-0.1, -0.05) is 41.6 Å². The predicted octanol–water partition coefficient (Wildman–Crippen LogP) is 5.23. The summed E-state index contributed by atoms with van der Waals surface area (Å²) in [6, 6.07) is 16.9. The quantitative estimate of drug-likeness (QED) is 0.299. The highest BCUT2D eigenvalue weighted by molar-refractivity contribution is 7.99. The van der Waals surface area contributed by atoms with Crippen LogP contribution < -0.4 is 0 Å². The molecule has 0 aliphatic carbocycles. The standard InChI is InChI=1S/C21H15ClN4O2S/c22-15-8-6-14(7-9-15)20-24-25-21(28-20)29-13-19(27)17-12-26(11-3-10-23)18-5-2-1-4-16(17)18/h1-2,4-9,12H,3,11,13H2. The first-order chi connectivity index (χ1) is 14.2. The number of fused-ring (bicyclic) bond motifs is 1. The summed E-state index contributed by atoms with van der Waals surface area (Å²) in [5, 5.41) is 18.7. The average Bonchev–Trinajstić information content (AvgIpc) is 3.36. The summed E-state index contributed by atoms with van der Waals surface area (Å²) < 4.78 is 7.59. The van der Waals surface area contributed by atoms with Crippen molar-refractivity contribution in [2.45, 2.75) is 18.2 Å². The Kier molecular flexibility index (Phi) is 5.65. The molecule has 29 heavy (non-hydrogen) atoms. The van der Waals surface area contributed by atoms with Crippen LogP contribution in [0, 0.1) is 11.3 Å². The van der Waals surface area contributed by atoms with Crippen molar-refractivity contribution in [1.29, 1.82) is 5.26 Å². The summed E-state index contributed by atoms with van der Waals surface area (Å²) in [5.41, 5.74) is 2.34. The van der Waals surface area contributed by atoms with Gasteiger partial charge in [0.05, 0.1) is 18.2 Å². The van der Waals surface area contributed by atoms with Crippen LogP contribution in [0.5, 0.6) is 0 Å². The number of carbonyl (C=O) groups is 1. The van der Waals surface area contributed by atoms with Crippen LogP contribution in [0.2, 0.25) is 5.02 Å². The molecular weight excluding hydrogens is 408 g/mol. The minimum absolute atomic E-state index is 0.0341. The van der Waals surface area contributed by atoms with Gasteiger partial charge in [-0.15, -0.1) is 10.2 Å². The Morgan fingerprint density at radius 2 is 1.97 bits per heavy atom. The smallest absolute Gasteiger partial charge is 0.277 e. The lowest BCUT2D eigenvalue weighted by atomic mass is 10.1. The van der Waals surface area contributed by atoms with Gasteiger partial charge < -0.3 is 8.98 Å². The summed E-state index contributed by atoms with van der Waals surface area (Å²) in [6.07, 6.45) is 2.20. The molecule has 6 nitrogen and oxygen atoms in total. The van der Waals surface area contributed by atoms with Crippen molar-refractivity contribution < 1.29 is 9.21 Å². The first-order valence-electron chi connectivity index (χ1n) is 8.86. The Hall–Kier alpha value is -3.08. The molecule has 0 saturated heterocycles. The van der Waals surface area contributed by atoms with E-state index in [4.69, 9.17) is 21.3 Å². The summed E-state index contributed by atoms with van der Waals surface area (Å²) in [4.78, 5) is 12.8. The van der Waals surface area contributed by atoms with Crippen LogP contribution in [0.25, 0.3) is 22.4 Å². The number of para-hydroxylation sites is 1. The number of nitrogens with zero attached hydrogens (tertiary/aromatic N) is 4. The lowest BCUT2D eigenvalue weighted by Gasteiger charge is -2.00. The molecular formula is C21H15ClN4O2S. The Bertz CT molecular complexity index is 1210. The van der Waals surface area contributed by atoms with Crippen LogP contribution in [-0.4, -0.2) is 26.3 Å². The second-order valence-electron chi connectivity index (χ2n) is 6.25. The molecule has 0 saturated carbocycles. The van der Waals surface area contributed by atoms with Gasteiger partial charge in [0.2, 0.25) is 5.89 Å². The van der Waals surface area contributed by atoms with Crippen molar-refractivity contribution in [2.24, 2.45) is 0 Å². The number of benzene rings is 2. The van der Waals surface area contributed by atoms with E-state index in [2.05, 4.69) is 16.3 Å². The van der Waals surface area contributed by atoms with Gasteiger partial charge in [0.1, 0.15) is 0 Å². The third-order valence-electron chi connectivity index (χ3n) is 4.38. The molecule has 2 heterocycles. The molecule has 0 spiro atoms. The number of hydrogen-bond donors (Lipinski definition) is 0. The maximum atomic E-state index is 12.8. The fraction of sp³-hybridized carbons (Fsp3) is 0.143. The van der Waals surface area contributed by atoms with Crippen molar-refractivity contribution in [3.8, 4) is 17.5 Å². The summed E-state index contributed by atoms with van der Waals surface area (Å²) in [7, 11) is 0. The first kappa shape index (κ1) is 19.2. The number of thioether (sulfide) groups is 1. The zero-order valence-corrected chi connectivity index (χ0v) is 16.8. The summed E-state index contributed by atoms with van der Waals surface area (Å²) in [6.45, 7) is 0.547. The highest BCUT2D eigenvalue weighted by atomic mass is 35.5. The monoisotopic (exact) mass is 422 g/mol. The molecule has 4 rings (SSSR count). The fourth-order valence-electron chi connectivity index (χ4n) is 3.01. The van der Waals surface area contributed by atoms with E-state index in [1.54, 1.807) is 24.3 Å². The predicted molar refractivity (Wildman–Crippen MR) is 112 cm³/mol. The molecule has 0 fully saturated rings. The van der Waals surface area contributed by atoms with Gasteiger partial charge in [-0.05, 0) is 30.3 Å². The Labute approximate surface area is 176 Å². The van der Waals surface area contributed by atoms with Crippen LogP contribution >= 0.6 is 23.4 Å². The number of carbonyl (C=O) groups excluding carboxylic acids is 1. The Morgan fingerprint density at radius 1 is 1.17 bits per heavy atom. The number of Topliss-reactive ketones (excluding diaryl/α,β-unsaturated/α-hetero) is 1. The van der Waals surface area contributed by atoms with Gasteiger partial charge in [0.25, 0.3) is 5.22 Å². The lowest BCUT2D eigenvalue weighted by molar-refractivity contribution is 0.102. The van der Waals surface area contributed by atoms with E-state index < -0.39 is 0 Å². The number of ketones is 1. The molecule has 0 bridgehead atoms. The lowest BCUT2D eigenvalue weighted by Crippen LogP contribution is -2.02. The van der Waals surface area contributed by atoms with Gasteiger partial charge in [-0.3, -0.25) is 4.79 Å². The molecule has 2 aromatic carbocycles. The van der Waals surface area contributed by atoms with Crippen molar-refractivity contribution >= 4 is 40.0 Å². The van der Waals surface area contributed by atoms with Gasteiger partial charge in [-0.2, -0.15) is 5.26 Å². The number of halogens is 1. The van der Waals surface area contributed by atoms with Gasteiger partial charge in [0, 0.05) is 39.8 Å². The molecule has 0 aliphatic heterocycles. The minimum Gasteiger partial charge on any atom is -0.411 e. The van der Waals surface area contributed by atoms with Crippen molar-refractivity contribution in [1.82, 2.24) is 14.8 Å². The molecule has 0 radical (unpaired) electrons. The number of hydrogen-bond acceptors (Lipinski definition) is 6. The van der Waals surface area contributed by atoms with E-state index in [1.165, 1.54) is 11.8 Å². The first-order valence-corrected chi connectivity index (χ1v) is 10.2. The molecule has 0 atom stereocenters. The summed E-state index contributed by atoms with van der Waals surface area (Å²) in [5.74, 6) is 0.520. The SMILES string of the molecule is N#CCCn1cc(C(=O)CSc2nnc(-c3ccc(Cl)cc3)o2)c2ccccc21. The van der Waals surface area contributed by atoms with E-state index >= 15 is 0 Å². The van der Waals surface area contributed by atoms with Gasteiger partial charge in [0.15, 0.2) is 5.78 Å². The van der Waals surface area contributed by atoms with Crippen molar-refractivity contribution in [3.05, 3.63) is 65.3 Å². The van der Waals surface area contributed by atoms with Crippen LogP contribution in [0.1, 0.15) is 16.8 Å². The molecule has 0 amide bonds. The zero-order chi connectivity index (χ0) is 20.2. The van der Waals surface area contributed by atoms with E-state index in [0.29, 0.717) is 34.7 Å². The molecule has 0 N–H and O–H groups in total. The number of aryl methyl sites for hydroxylation is 1. The van der Waals surface area contributed by atoms with Gasteiger partial charge >= 0.3 is 0 Å². The molecule has 2 aromatic heterocycles. The summed E-state index contributed by atoms with van der Waals surface area (Å²) >= 11 is 7.09. The third kappa shape index (κ3) is 4.19. The van der Waals surface area contributed by atoms with Crippen LogP contribution in [0.4, 0.5) is 0 Å². The molecule has 144 valence electrons. The highest BCUT2D eigenvalue weighted by Gasteiger charge is 2.17. The van der Waals surface area contributed by atoms with Crippen molar-refractivity contribution in [2.75, 3.05) is 5.75 Å². The second-order valence-corrected chi connectivity index (χ2v) is 7.62. The van der Waals surface area contributed by atoms with Crippen LogP contribution in [0.15, 0.2) is 64.4 Å². The van der Waals surface area contributed by atoms with Crippen LogP contribution in [-0.2, 0) is 6.54 Å². The Balaban J connectivity index is 1.49. The fourth-order valence-corrected chi connectivity index (χ4v) is 3.78. The maximum absolute atomic E-state index is 12.8. The third-order valence-corrected chi connectivity index (χ3v) is 5.45. The maximum Gasteiger partial charge on any atom is 0.277 e. The van der Waals surface area contributed by atoms with Crippen molar-refractivity contribution in [3.63, 3.8) is 0 Å². The second kappa shape index (κ2) is 8.52. The van der Waals surface area contributed by atoms with E-state index in [9.17, 15) is 4.79 Å². The highest BCUT2D eigenvalue weighted by Crippen LogP contribution is 2.27. The number of nitriles is 1. The number of rotatable bonds is 7. The average molecular weight is 423 g/mol. The largest absolute Gasteiger partial charge is 0.411 e. The Morgan fingerprint density at radius 3 is 2.76 bits per heavy atom. The molecule has 0 aliphatic rings. The van der Waals surface area contributed by atoms with Crippen LogP contribution in [0.3, 0.4) is 0 Å².